The van der Waals surface area contributed by atoms with Crippen molar-refractivity contribution in [3.8, 4) is 0 Å². The molecule has 1 atom stereocenters. The first-order valence-electron chi connectivity index (χ1n) is 6.62. The lowest BCUT2D eigenvalue weighted by molar-refractivity contribution is 0.102. The summed E-state index contributed by atoms with van der Waals surface area (Å²) < 4.78 is 0.980. The minimum Gasteiger partial charge on any atom is -0.381 e. The van der Waals surface area contributed by atoms with Crippen LogP contribution in [0, 0.1) is 0 Å². The third kappa shape index (κ3) is 3.26. The number of hydrogen-bond donors (Lipinski definition) is 1. The van der Waals surface area contributed by atoms with Crippen LogP contribution >= 0.6 is 15.9 Å². The largest absolute Gasteiger partial charge is 0.381 e. The first-order chi connectivity index (χ1) is 9.04. The molecule has 0 bridgehead atoms. The fourth-order valence-electron chi connectivity index (χ4n) is 2.24. The Balaban J connectivity index is 2.33. The van der Waals surface area contributed by atoms with Crippen molar-refractivity contribution < 1.29 is 5.11 Å². The normalized spacial score (nSPS) is 14.1. The summed E-state index contributed by atoms with van der Waals surface area (Å²) in [5.41, 5.74) is 2.17. The first-order valence-corrected chi connectivity index (χ1v) is 7.41. The monoisotopic (exact) mass is 318 g/mol. The third-order valence-corrected chi connectivity index (χ3v) is 3.93. The predicted molar refractivity (Wildman–Crippen MR) is 83.3 cm³/mol. The fraction of sp³-hybridized carbons (Fsp3) is 0.294. The highest BCUT2D eigenvalue weighted by atomic mass is 79.9. The van der Waals surface area contributed by atoms with E-state index in [4.69, 9.17) is 0 Å². The summed E-state index contributed by atoms with van der Waals surface area (Å²) in [6.45, 7) is 4.01. The molecule has 0 amide bonds. The lowest BCUT2D eigenvalue weighted by Crippen LogP contribution is -2.22. The van der Waals surface area contributed by atoms with E-state index >= 15 is 0 Å². The maximum absolute atomic E-state index is 10.8. The topological polar surface area (TPSA) is 20.2 Å². The van der Waals surface area contributed by atoms with Crippen LogP contribution in [0.2, 0.25) is 0 Å². The van der Waals surface area contributed by atoms with Crippen molar-refractivity contribution >= 4 is 15.9 Å². The fourth-order valence-corrected chi connectivity index (χ4v) is 2.64. The Labute approximate surface area is 123 Å². The predicted octanol–water partition coefficient (Wildman–Crippen LogP) is 4.66. The highest BCUT2D eigenvalue weighted by Gasteiger charge is 2.25. The molecule has 0 aliphatic rings. The molecule has 1 unspecified atom stereocenters. The van der Waals surface area contributed by atoms with Gasteiger partial charge < -0.3 is 5.11 Å². The second-order valence-electron chi connectivity index (χ2n) is 5.03. The number of aryl methyl sites for hydroxylation is 1. The zero-order valence-electron chi connectivity index (χ0n) is 11.4. The van der Waals surface area contributed by atoms with Crippen molar-refractivity contribution in [3.63, 3.8) is 0 Å². The summed E-state index contributed by atoms with van der Waals surface area (Å²) >= 11 is 3.45. The van der Waals surface area contributed by atoms with Gasteiger partial charge in [0, 0.05) is 4.47 Å². The zero-order chi connectivity index (χ0) is 13.9. The molecule has 2 rings (SSSR count). The molecule has 0 radical (unpaired) electrons. The van der Waals surface area contributed by atoms with Gasteiger partial charge in [0.05, 0.1) is 0 Å². The van der Waals surface area contributed by atoms with Gasteiger partial charge in [0.2, 0.25) is 0 Å². The van der Waals surface area contributed by atoms with Gasteiger partial charge in [0.1, 0.15) is 5.60 Å². The number of aliphatic hydroxyl groups is 1. The van der Waals surface area contributed by atoms with Gasteiger partial charge in [-0.2, -0.15) is 0 Å². The molecule has 2 aromatic rings. The first kappa shape index (κ1) is 14.3. The molecular formula is C17H19BrO. The number of rotatable bonds is 4. The molecule has 1 N–H and O–H groups in total. The van der Waals surface area contributed by atoms with Gasteiger partial charge in [0.15, 0.2) is 0 Å². The number of benzene rings is 2. The number of hydrogen-bond acceptors (Lipinski definition) is 1. The van der Waals surface area contributed by atoms with E-state index in [1.807, 2.05) is 43.3 Å². The van der Waals surface area contributed by atoms with Gasteiger partial charge in [-0.1, -0.05) is 65.7 Å². The quantitative estimate of drug-likeness (QED) is 0.869. The summed E-state index contributed by atoms with van der Waals surface area (Å²) in [6.07, 6.45) is 2.22. The highest BCUT2D eigenvalue weighted by molar-refractivity contribution is 9.10. The second kappa shape index (κ2) is 5.89. The molecule has 1 nitrogen and oxygen atoms in total. The van der Waals surface area contributed by atoms with E-state index in [1.165, 1.54) is 5.56 Å². The van der Waals surface area contributed by atoms with E-state index in [-0.39, 0.29) is 0 Å². The maximum Gasteiger partial charge on any atom is 0.112 e. The van der Waals surface area contributed by atoms with Gasteiger partial charge >= 0.3 is 0 Å². The van der Waals surface area contributed by atoms with Crippen LogP contribution in [0.3, 0.4) is 0 Å². The average Bonchev–Trinajstić information content (AvgIpc) is 2.40. The summed E-state index contributed by atoms with van der Waals surface area (Å²) in [5, 5.41) is 10.8. The van der Waals surface area contributed by atoms with Crippen LogP contribution in [0.4, 0.5) is 0 Å². The minimum absolute atomic E-state index is 0.894. The summed E-state index contributed by atoms with van der Waals surface area (Å²) in [6, 6.07) is 16.1. The Bertz CT molecular complexity index is 543. The number of halogens is 1. The van der Waals surface area contributed by atoms with E-state index < -0.39 is 5.60 Å². The Kier molecular flexibility index (Phi) is 4.43. The SMILES string of the molecule is CCCc1ccc(C(C)(O)c2cccc(Br)c2)cc1. The van der Waals surface area contributed by atoms with E-state index in [2.05, 4.69) is 35.0 Å². The van der Waals surface area contributed by atoms with Gasteiger partial charge in [-0.15, -0.1) is 0 Å². The Morgan fingerprint density at radius 1 is 1.05 bits per heavy atom. The van der Waals surface area contributed by atoms with Crippen LogP contribution in [0.25, 0.3) is 0 Å². The molecule has 19 heavy (non-hydrogen) atoms. The van der Waals surface area contributed by atoms with Crippen molar-refractivity contribution in [2.75, 3.05) is 0 Å². The van der Waals surface area contributed by atoms with Crippen molar-refractivity contribution in [2.24, 2.45) is 0 Å². The van der Waals surface area contributed by atoms with E-state index in [0.717, 1.165) is 28.4 Å². The second-order valence-corrected chi connectivity index (χ2v) is 5.95. The molecule has 0 heterocycles. The van der Waals surface area contributed by atoms with Crippen molar-refractivity contribution in [2.45, 2.75) is 32.3 Å². The van der Waals surface area contributed by atoms with E-state index in [1.54, 1.807) is 0 Å². The van der Waals surface area contributed by atoms with Crippen LogP contribution in [-0.4, -0.2) is 5.11 Å². The van der Waals surface area contributed by atoms with Crippen LogP contribution in [0.15, 0.2) is 53.0 Å². The van der Waals surface area contributed by atoms with E-state index in [9.17, 15) is 5.11 Å². The van der Waals surface area contributed by atoms with Gasteiger partial charge in [-0.05, 0) is 42.2 Å². The molecule has 100 valence electrons. The molecule has 0 spiro atoms. The Morgan fingerprint density at radius 2 is 1.74 bits per heavy atom. The maximum atomic E-state index is 10.8. The Hall–Kier alpha value is -1.12. The van der Waals surface area contributed by atoms with Gasteiger partial charge in [-0.3, -0.25) is 0 Å². The molecule has 0 fully saturated rings. The summed E-state index contributed by atoms with van der Waals surface area (Å²) in [7, 11) is 0. The molecule has 0 aromatic heterocycles. The lowest BCUT2D eigenvalue weighted by atomic mass is 9.87. The Morgan fingerprint density at radius 3 is 2.32 bits per heavy atom. The molecule has 0 saturated carbocycles. The van der Waals surface area contributed by atoms with Crippen LogP contribution in [-0.2, 0) is 12.0 Å². The third-order valence-electron chi connectivity index (χ3n) is 3.44. The minimum atomic E-state index is -0.964. The van der Waals surface area contributed by atoms with Gasteiger partial charge in [0.25, 0.3) is 0 Å². The van der Waals surface area contributed by atoms with Crippen LogP contribution in [0.5, 0.6) is 0 Å². The molecule has 2 aromatic carbocycles. The lowest BCUT2D eigenvalue weighted by Gasteiger charge is -2.25. The van der Waals surface area contributed by atoms with Crippen molar-refractivity contribution in [1.29, 1.82) is 0 Å². The van der Waals surface area contributed by atoms with Gasteiger partial charge in [-0.25, -0.2) is 0 Å². The smallest absolute Gasteiger partial charge is 0.112 e. The summed E-state index contributed by atoms with van der Waals surface area (Å²) in [5.74, 6) is 0. The molecule has 0 aliphatic carbocycles. The zero-order valence-corrected chi connectivity index (χ0v) is 12.9. The highest BCUT2D eigenvalue weighted by Crippen LogP contribution is 2.30. The molecule has 0 aliphatic heterocycles. The standard InChI is InChI=1S/C17H19BrO/c1-3-5-13-8-10-14(11-9-13)17(2,19)15-6-4-7-16(18)12-15/h4,6-12,19H,3,5H2,1-2H3. The van der Waals surface area contributed by atoms with Crippen LogP contribution in [0.1, 0.15) is 37.0 Å². The average molecular weight is 319 g/mol. The van der Waals surface area contributed by atoms with E-state index in [0.29, 0.717) is 0 Å². The molecule has 2 heteroatoms. The summed E-state index contributed by atoms with van der Waals surface area (Å²) in [4.78, 5) is 0. The molecule has 0 saturated heterocycles. The van der Waals surface area contributed by atoms with Crippen molar-refractivity contribution in [3.05, 3.63) is 69.7 Å². The van der Waals surface area contributed by atoms with Crippen LogP contribution < -0.4 is 0 Å². The molecular weight excluding hydrogens is 300 g/mol. The van der Waals surface area contributed by atoms with Crippen molar-refractivity contribution in [1.82, 2.24) is 0 Å².